The van der Waals surface area contributed by atoms with E-state index in [1.54, 1.807) is 0 Å². The molecule has 7 heteroatoms. The third kappa shape index (κ3) is 5.29. The number of carbonyl (C=O) groups excluding carboxylic acids is 2. The van der Waals surface area contributed by atoms with E-state index in [4.69, 9.17) is 0 Å². The largest absolute Gasteiger partial charge is 0.480 e. The molecule has 1 aromatic carbocycles. The first-order chi connectivity index (χ1) is 11.9. The number of nitrogens with zero attached hydrogens (tertiary/aromatic N) is 1. The van der Waals surface area contributed by atoms with Crippen LogP contribution < -0.4 is 5.32 Å². The molecule has 3 atom stereocenters. The Morgan fingerprint density at radius 3 is 2.56 bits per heavy atom. The minimum Gasteiger partial charge on any atom is -0.480 e. The first kappa shape index (κ1) is 18.9. The molecule has 1 saturated heterocycles. The number of hydrogen-bond acceptors (Lipinski definition) is 4. The van der Waals surface area contributed by atoms with Gasteiger partial charge in [0.1, 0.15) is 12.1 Å². The molecule has 0 bridgehead atoms. The molecule has 25 heavy (non-hydrogen) atoms. The molecule has 1 aromatic rings. The van der Waals surface area contributed by atoms with Crippen LogP contribution in [0.25, 0.3) is 0 Å². The summed E-state index contributed by atoms with van der Waals surface area (Å²) in [5.41, 5.74) is 0.865. The number of hydrogen-bond donors (Lipinski definition) is 3. The number of aliphatic hydroxyl groups excluding tert-OH is 1. The molecule has 2 rings (SSSR count). The van der Waals surface area contributed by atoms with E-state index in [1.165, 1.54) is 11.8 Å². The molecule has 0 aliphatic carbocycles. The van der Waals surface area contributed by atoms with Gasteiger partial charge in [0.25, 0.3) is 0 Å². The highest BCUT2D eigenvalue weighted by Crippen LogP contribution is 2.19. The summed E-state index contributed by atoms with van der Waals surface area (Å²) in [7, 11) is 0. The molecule has 1 heterocycles. The summed E-state index contributed by atoms with van der Waals surface area (Å²) in [6.07, 6.45) is 0.393. The van der Waals surface area contributed by atoms with Gasteiger partial charge in [-0.15, -0.1) is 0 Å². The van der Waals surface area contributed by atoms with Gasteiger partial charge in [-0.2, -0.15) is 0 Å². The second kappa shape index (κ2) is 8.62. The van der Waals surface area contributed by atoms with Crippen molar-refractivity contribution in [3.63, 3.8) is 0 Å². The van der Waals surface area contributed by atoms with Crippen LogP contribution in [0.1, 0.15) is 31.7 Å². The Balaban J connectivity index is 2.16. The zero-order valence-corrected chi connectivity index (χ0v) is 14.2. The third-order valence-corrected chi connectivity index (χ3v) is 4.22. The molecule has 0 spiro atoms. The van der Waals surface area contributed by atoms with Gasteiger partial charge in [-0.05, 0) is 25.3 Å². The van der Waals surface area contributed by atoms with E-state index in [0.717, 1.165) is 5.56 Å². The van der Waals surface area contributed by atoms with Crippen LogP contribution in [0.2, 0.25) is 0 Å². The minimum atomic E-state index is -1.03. The number of likely N-dealkylation sites (tertiary alicyclic amines) is 1. The van der Waals surface area contributed by atoms with Gasteiger partial charge in [0.05, 0.1) is 12.5 Å². The van der Waals surface area contributed by atoms with E-state index in [9.17, 15) is 24.6 Å². The monoisotopic (exact) mass is 348 g/mol. The average molecular weight is 348 g/mol. The van der Waals surface area contributed by atoms with Crippen LogP contribution in [0.4, 0.5) is 0 Å². The lowest BCUT2D eigenvalue weighted by molar-refractivity contribution is -0.149. The van der Waals surface area contributed by atoms with E-state index < -0.39 is 36.0 Å². The fourth-order valence-corrected chi connectivity index (χ4v) is 3.06. The summed E-state index contributed by atoms with van der Waals surface area (Å²) in [6.45, 7) is 1.86. The van der Waals surface area contributed by atoms with Crippen molar-refractivity contribution in [3.05, 3.63) is 35.9 Å². The van der Waals surface area contributed by atoms with Crippen molar-refractivity contribution in [3.8, 4) is 0 Å². The molecule has 2 amide bonds. The Morgan fingerprint density at radius 2 is 1.96 bits per heavy atom. The summed E-state index contributed by atoms with van der Waals surface area (Å²) < 4.78 is 0. The topological polar surface area (TPSA) is 107 Å². The zero-order valence-electron chi connectivity index (χ0n) is 14.2. The normalized spacial score (nSPS) is 19.3. The first-order valence-electron chi connectivity index (χ1n) is 8.43. The van der Waals surface area contributed by atoms with E-state index in [2.05, 4.69) is 5.32 Å². The lowest BCUT2D eigenvalue weighted by Gasteiger charge is -2.27. The molecular weight excluding hydrogens is 324 g/mol. The summed E-state index contributed by atoms with van der Waals surface area (Å²) in [5.74, 6) is -1.86. The Bertz CT molecular complexity index is 617. The number of aliphatic carboxylic acids is 1. The van der Waals surface area contributed by atoms with Crippen LogP contribution in [0.5, 0.6) is 0 Å². The van der Waals surface area contributed by atoms with E-state index in [1.807, 2.05) is 30.3 Å². The van der Waals surface area contributed by atoms with E-state index >= 15 is 0 Å². The van der Waals surface area contributed by atoms with Crippen LogP contribution in [-0.2, 0) is 20.8 Å². The van der Waals surface area contributed by atoms with Crippen LogP contribution in [0.3, 0.4) is 0 Å². The lowest BCUT2D eigenvalue weighted by atomic mass is 10.0. The summed E-state index contributed by atoms with van der Waals surface area (Å²) in [6, 6.07) is 7.52. The van der Waals surface area contributed by atoms with Crippen LogP contribution in [0, 0.1) is 0 Å². The highest BCUT2D eigenvalue weighted by molar-refractivity contribution is 5.91. The smallest absolute Gasteiger partial charge is 0.326 e. The molecule has 0 radical (unpaired) electrons. The molecule has 0 saturated carbocycles. The fraction of sp³-hybridized carbons (Fsp3) is 0.500. The highest BCUT2D eigenvalue weighted by atomic mass is 16.4. The second-order valence-electron chi connectivity index (χ2n) is 6.39. The maximum absolute atomic E-state index is 12.9. The van der Waals surface area contributed by atoms with Crippen molar-refractivity contribution in [1.29, 1.82) is 0 Å². The van der Waals surface area contributed by atoms with E-state index in [0.29, 0.717) is 19.4 Å². The summed E-state index contributed by atoms with van der Waals surface area (Å²) in [5, 5.41) is 21.3. The number of nitrogens with one attached hydrogen (secondary N) is 1. The Kier molecular flexibility index (Phi) is 6.52. The van der Waals surface area contributed by atoms with Crippen LogP contribution in [-0.4, -0.2) is 57.6 Å². The van der Waals surface area contributed by atoms with Crippen molar-refractivity contribution in [2.24, 2.45) is 0 Å². The van der Waals surface area contributed by atoms with Gasteiger partial charge in [-0.3, -0.25) is 9.59 Å². The van der Waals surface area contributed by atoms with Crippen molar-refractivity contribution in [2.45, 2.75) is 50.8 Å². The molecule has 3 N–H and O–H groups in total. The predicted octanol–water partition coefficient (Wildman–Crippen LogP) is 0.560. The predicted molar refractivity (Wildman–Crippen MR) is 90.7 cm³/mol. The molecule has 136 valence electrons. The van der Waals surface area contributed by atoms with Crippen LogP contribution in [0.15, 0.2) is 30.3 Å². The maximum Gasteiger partial charge on any atom is 0.326 e. The van der Waals surface area contributed by atoms with Crippen molar-refractivity contribution < 1.29 is 24.6 Å². The number of carbonyl (C=O) groups is 3. The third-order valence-electron chi connectivity index (χ3n) is 4.22. The maximum atomic E-state index is 12.9. The quantitative estimate of drug-likeness (QED) is 0.667. The molecule has 1 fully saturated rings. The molecule has 1 aliphatic heterocycles. The lowest BCUT2D eigenvalue weighted by Crippen LogP contribution is -2.52. The van der Waals surface area contributed by atoms with Crippen molar-refractivity contribution in [1.82, 2.24) is 10.2 Å². The van der Waals surface area contributed by atoms with Gasteiger partial charge in [0.15, 0.2) is 0 Å². The van der Waals surface area contributed by atoms with Gasteiger partial charge >= 0.3 is 5.97 Å². The van der Waals surface area contributed by atoms with Gasteiger partial charge < -0.3 is 20.4 Å². The SMILES string of the molecule is CC(O)CC(=O)N[C@@H](Cc1ccccc1)C(=O)N1CCC[C@@H]1C(=O)O. The first-order valence-corrected chi connectivity index (χ1v) is 8.43. The summed E-state index contributed by atoms with van der Waals surface area (Å²) in [4.78, 5) is 37.6. The standard InChI is InChI=1S/C18H24N2O5/c1-12(21)10-16(22)19-14(11-13-6-3-2-4-7-13)17(23)20-9-5-8-15(20)18(24)25/h2-4,6-7,12,14-15,21H,5,8-11H2,1H3,(H,19,22)(H,24,25)/t12?,14-,15+/m0/s1. The number of benzene rings is 1. The Labute approximate surface area is 146 Å². The van der Waals surface area contributed by atoms with Crippen molar-refractivity contribution in [2.75, 3.05) is 6.54 Å². The van der Waals surface area contributed by atoms with Crippen LogP contribution >= 0.6 is 0 Å². The molecule has 1 unspecified atom stereocenters. The Hall–Kier alpha value is -2.41. The fourth-order valence-electron chi connectivity index (χ4n) is 3.06. The number of amides is 2. The van der Waals surface area contributed by atoms with Gasteiger partial charge in [-0.25, -0.2) is 4.79 Å². The second-order valence-corrected chi connectivity index (χ2v) is 6.39. The van der Waals surface area contributed by atoms with E-state index in [-0.39, 0.29) is 12.8 Å². The molecule has 7 nitrogen and oxygen atoms in total. The van der Waals surface area contributed by atoms with Gasteiger partial charge in [0, 0.05) is 13.0 Å². The average Bonchev–Trinajstić information content (AvgIpc) is 3.03. The minimum absolute atomic E-state index is 0.110. The Morgan fingerprint density at radius 1 is 1.28 bits per heavy atom. The highest BCUT2D eigenvalue weighted by Gasteiger charge is 2.37. The number of carboxylic acids is 1. The summed E-state index contributed by atoms with van der Waals surface area (Å²) >= 11 is 0. The van der Waals surface area contributed by atoms with Gasteiger partial charge in [0.2, 0.25) is 11.8 Å². The van der Waals surface area contributed by atoms with Crippen molar-refractivity contribution >= 4 is 17.8 Å². The molecular formula is C18H24N2O5. The zero-order chi connectivity index (χ0) is 18.4. The number of carboxylic acid groups (broad SMARTS) is 1. The van der Waals surface area contributed by atoms with Gasteiger partial charge in [-0.1, -0.05) is 30.3 Å². The number of aliphatic hydroxyl groups is 1. The molecule has 0 aromatic heterocycles. The number of rotatable bonds is 7. The molecule has 1 aliphatic rings.